The van der Waals surface area contributed by atoms with Gasteiger partial charge in [-0.05, 0) is 19.9 Å². The summed E-state index contributed by atoms with van der Waals surface area (Å²) in [6, 6.07) is 3.78. The fraction of sp³-hybridized carbons (Fsp3) is 0.455. The molecule has 1 aromatic heterocycles. The number of carbonyl (C=O) groups is 1. The smallest absolute Gasteiger partial charge is 0.242 e. The Morgan fingerprint density at radius 1 is 1.67 bits per heavy atom. The summed E-state index contributed by atoms with van der Waals surface area (Å²) >= 11 is 0. The van der Waals surface area contributed by atoms with Crippen LogP contribution in [0.15, 0.2) is 23.0 Å². The first-order chi connectivity index (χ1) is 6.97. The number of hydrogen-bond donors (Lipinski definition) is 0. The monoisotopic (exact) mass is 206 g/mol. The van der Waals surface area contributed by atoms with Crippen molar-refractivity contribution in [3.8, 4) is 6.07 Å². The van der Waals surface area contributed by atoms with E-state index in [1.54, 1.807) is 39.5 Å². The van der Waals surface area contributed by atoms with Gasteiger partial charge >= 0.3 is 0 Å². The summed E-state index contributed by atoms with van der Waals surface area (Å²) in [7, 11) is 1.68. The van der Waals surface area contributed by atoms with Crippen molar-refractivity contribution in [1.82, 2.24) is 4.90 Å². The Kier molecular flexibility index (Phi) is 3.15. The molecule has 0 saturated carbocycles. The predicted molar refractivity (Wildman–Crippen MR) is 54.6 cm³/mol. The molecule has 0 bridgehead atoms. The number of rotatable bonds is 3. The minimum Gasteiger partial charge on any atom is -0.472 e. The van der Waals surface area contributed by atoms with Crippen molar-refractivity contribution in [2.45, 2.75) is 20.4 Å². The van der Waals surface area contributed by atoms with E-state index in [1.165, 1.54) is 4.90 Å². The lowest BCUT2D eigenvalue weighted by molar-refractivity contribution is -0.136. The van der Waals surface area contributed by atoms with Crippen LogP contribution in [0.3, 0.4) is 0 Å². The summed E-state index contributed by atoms with van der Waals surface area (Å²) < 4.78 is 4.90. The van der Waals surface area contributed by atoms with E-state index in [0.29, 0.717) is 6.54 Å². The Bertz CT molecular complexity index is 374. The average molecular weight is 206 g/mol. The summed E-state index contributed by atoms with van der Waals surface area (Å²) in [5, 5.41) is 8.82. The highest BCUT2D eigenvalue weighted by molar-refractivity contribution is 5.84. The first-order valence-electron chi connectivity index (χ1n) is 4.65. The predicted octanol–water partition coefficient (Wildman–Crippen LogP) is 1.79. The normalized spacial score (nSPS) is 10.8. The van der Waals surface area contributed by atoms with Gasteiger partial charge in [-0.15, -0.1) is 0 Å². The molecule has 0 fully saturated rings. The van der Waals surface area contributed by atoms with Crippen LogP contribution in [0.5, 0.6) is 0 Å². The lowest BCUT2D eigenvalue weighted by Gasteiger charge is -2.23. The molecule has 0 aliphatic rings. The summed E-state index contributed by atoms with van der Waals surface area (Å²) in [5.41, 5.74) is -0.0574. The van der Waals surface area contributed by atoms with Gasteiger partial charge < -0.3 is 9.32 Å². The van der Waals surface area contributed by atoms with E-state index in [4.69, 9.17) is 9.68 Å². The summed E-state index contributed by atoms with van der Waals surface area (Å²) in [4.78, 5) is 13.3. The molecule has 0 radical (unpaired) electrons. The third kappa shape index (κ3) is 2.59. The number of nitriles is 1. The van der Waals surface area contributed by atoms with Gasteiger partial charge in [0.1, 0.15) is 5.41 Å². The van der Waals surface area contributed by atoms with E-state index in [-0.39, 0.29) is 5.91 Å². The molecule has 4 heteroatoms. The second kappa shape index (κ2) is 4.18. The number of amides is 1. The third-order valence-electron chi connectivity index (χ3n) is 2.16. The first kappa shape index (κ1) is 11.3. The SMILES string of the molecule is CN(Cc1ccoc1)C(=O)C(C)(C)C#N. The fourth-order valence-corrected chi connectivity index (χ4v) is 1.25. The van der Waals surface area contributed by atoms with Gasteiger partial charge in [0.15, 0.2) is 0 Å². The molecule has 0 N–H and O–H groups in total. The molecule has 0 aliphatic heterocycles. The molecule has 0 aliphatic carbocycles. The molecule has 1 rings (SSSR count). The molecular weight excluding hydrogens is 192 g/mol. The molecule has 1 aromatic rings. The fourth-order valence-electron chi connectivity index (χ4n) is 1.25. The van der Waals surface area contributed by atoms with Crippen molar-refractivity contribution < 1.29 is 9.21 Å². The highest BCUT2D eigenvalue weighted by atomic mass is 16.3. The van der Waals surface area contributed by atoms with Crippen LogP contribution in [0, 0.1) is 16.7 Å². The Balaban J connectivity index is 2.67. The van der Waals surface area contributed by atoms with E-state index in [2.05, 4.69) is 0 Å². The highest BCUT2D eigenvalue weighted by Crippen LogP contribution is 2.18. The zero-order valence-corrected chi connectivity index (χ0v) is 9.15. The van der Waals surface area contributed by atoms with Crippen molar-refractivity contribution in [2.75, 3.05) is 7.05 Å². The maximum absolute atomic E-state index is 11.8. The minimum absolute atomic E-state index is 0.189. The molecule has 1 amide bonds. The van der Waals surface area contributed by atoms with Crippen molar-refractivity contribution in [2.24, 2.45) is 5.41 Å². The van der Waals surface area contributed by atoms with Gasteiger partial charge in [-0.2, -0.15) is 5.26 Å². The van der Waals surface area contributed by atoms with E-state index < -0.39 is 5.41 Å². The molecular formula is C11H14N2O2. The summed E-state index contributed by atoms with van der Waals surface area (Å²) in [6.07, 6.45) is 3.15. The number of nitrogens with zero attached hydrogens (tertiary/aromatic N) is 2. The molecule has 0 spiro atoms. The van der Waals surface area contributed by atoms with Gasteiger partial charge in [0, 0.05) is 19.2 Å². The van der Waals surface area contributed by atoms with Gasteiger partial charge in [-0.25, -0.2) is 0 Å². The van der Waals surface area contributed by atoms with E-state index in [0.717, 1.165) is 5.56 Å². The quantitative estimate of drug-likeness (QED) is 0.757. The van der Waals surface area contributed by atoms with Crippen LogP contribution in [0.1, 0.15) is 19.4 Å². The van der Waals surface area contributed by atoms with E-state index >= 15 is 0 Å². The van der Waals surface area contributed by atoms with Crippen molar-refractivity contribution in [3.63, 3.8) is 0 Å². The maximum atomic E-state index is 11.8. The van der Waals surface area contributed by atoms with Gasteiger partial charge in [0.25, 0.3) is 0 Å². The largest absolute Gasteiger partial charge is 0.472 e. The maximum Gasteiger partial charge on any atom is 0.242 e. The minimum atomic E-state index is -0.974. The molecule has 0 atom stereocenters. The van der Waals surface area contributed by atoms with Crippen LogP contribution < -0.4 is 0 Å². The number of carbonyl (C=O) groups excluding carboxylic acids is 1. The molecule has 1 heterocycles. The van der Waals surface area contributed by atoms with Crippen molar-refractivity contribution in [1.29, 1.82) is 5.26 Å². The van der Waals surface area contributed by atoms with Gasteiger partial charge in [-0.1, -0.05) is 0 Å². The average Bonchev–Trinajstić information content (AvgIpc) is 2.69. The second-order valence-corrected chi connectivity index (χ2v) is 4.03. The second-order valence-electron chi connectivity index (χ2n) is 4.03. The van der Waals surface area contributed by atoms with Crippen LogP contribution in [0.25, 0.3) is 0 Å². The van der Waals surface area contributed by atoms with Crippen LogP contribution >= 0.6 is 0 Å². The Morgan fingerprint density at radius 3 is 2.80 bits per heavy atom. The van der Waals surface area contributed by atoms with E-state index in [1.807, 2.05) is 6.07 Å². The third-order valence-corrected chi connectivity index (χ3v) is 2.16. The lowest BCUT2D eigenvalue weighted by atomic mass is 9.94. The molecule has 0 unspecified atom stereocenters. The summed E-state index contributed by atoms with van der Waals surface area (Å²) in [5.74, 6) is -0.189. The van der Waals surface area contributed by atoms with Crippen LogP contribution in [-0.2, 0) is 11.3 Å². The standard InChI is InChI=1S/C11H14N2O2/c1-11(2,8-12)10(14)13(3)6-9-4-5-15-7-9/h4-5,7H,6H2,1-3H3. The van der Waals surface area contributed by atoms with Gasteiger partial charge in [-0.3, -0.25) is 4.79 Å². The van der Waals surface area contributed by atoms with Crippen LogP contribution in [0.4, 0.5) is 0 Å². The summed E-state index contributed by atoms with van der Waals surface area (Å²) in [6.45, 7) is 3.68. The van der Waals surface area contributed by atoms with Crippen molar-refractivity contribution in [3.05, 3.63) is 24.2 Å². The topological polar surface area (TPSA) is 57.2 Å². The highest BCUT2D eigenvalue weighted by Gasteiger charge is 2.30. The number of furan rings is 1. The molecule has 15 heavy (non-hydrogen) atoms. The van der Waals surface area contributed by atoms with Crippen LogP contribution in [0.2, 0.25) is 0 Å². The zero-order chi connectivity index (χ0) is 11.5. The first-order valence-corrected chi connectivity index (χ1v) is 4.65. The van der Waals surface area contributed by atoms with Gasteiger partial charge in [0.2, 0.25) is 5.91 Å². The van der Waals surface area contributed by atoms with Crippen molar-refractivity contribution >= 4 is 5.91 Å². The molecule has 80 valence electrons. The number of hydrogen-bond acceptors (Lipinski definition) is 3. The zero-order valence-electron chi connectivity index (χ0n) is 9.15. The van der Waals surface area contributed by atoms with E-state index in [9.17, 15) is 4.79 Å². The Hall–Kier alpha value is -1.76. The van der Waals surface area contributed by atoms with Crippen LogP contribution in [-0.4, -0.2) is 17.9 Å². The lowest BCUT2D eigenvalue weighted by Crippen LogP contribution is -2.37. The Morgan fingerprint density at radius 2 is 2.33 bits per heavy atom. The Labute approximate surface area is 89.1 Å². The molecule has 4 nitrogen and oxygen atoms in total. The molecule has 0 saturated heterocycles. The molecule has 0 aromatic carbocycles. The van der Waals surface area contributed by atoms with Gasteiger partial charge in [0.05, 0.1) is 18.6 Å².